The van der Waals surface area contributed by atoms with E-state index in [1.165, 1.54) is 44.5 Å². The van der Waals surface area contributed by atoms with Crippen LogP contribution in [0.3, 0.4) is 0 Å². The van der Waals surface area contributed by atoms with Crippen molar-refractivity contribution in [3.8, 4) is 44.5 Å². The quantitative estimate of drug-likeness (QED) is 0.150. The molecule has 0 saturated heterocycles. The highest BCUT2D eigenvalue weighted by Crippen LogP contribution is 2.53. The molecule has 0 atom stereocenters. The maximum Gasteiger partial charge on any atom is 0.180 e. The molecule has 0 unspecified atom stereocenters. The van der Waals surface area contributed by atoms with Gasteiger partial charge in [0.15, 0.2) is 8.07 Å². The van der Waals surface area contributed by atoms with Crippen LogP contribution in [0.5, 0.6) is 0 Å². The van der Waals surface area contributed by atoms with E-state index in [0.717, 1.165) is 58.7 Å². The first-order chi connectivity index (χ1) is 37.0. The summed E-state index contributed by atoms with van der Waals surface area (Å²) in [5.41, 5.74) is 14.9. The topological polar surface area (TPSA) is 3.24 Å². The Labute approximate surface area is 420 Å². The van der Waals surface area contributed by atoms with Crippen LogP contribution >= 0.6 is 11.3 Å². The number of thiophene rings is 1. The van der Waals surface area contributed by atoms with Gasteiger partial charge in [0, 0.05) is 48.1 Å². The predicted molar refractivity (Wildman–Crippen MR) is 297 cm³/mol. The summed E-state index contributed by atoms with van der Waals surface area (Å²) < 4.78 is 76.7. The number of rotatable bonds is 6. The normalized spacial score (nSPS) is 16.6. The van der Waals surface area contributed by atoms with E-state index in [1.807, 2.05) is 36.4 Å². The number of fused-ring (bicyclic) bond motifs is 12. The minimum absolute atomic E-state index is 0.147. The molecule has 11 aromatic rings. The van der Waals surface area contributed by atoms with E-state index in [4.69, 9.17) is 5.48 Å². The minimum Gasteiger partial charge on any atom is -0.310 e. The molecule has 3 aliphatic rings. The van der Waals surface area contributed by atoms with Crippen molar-refractivity contribution in [2.45, 2.75) is 38.5 Å². The molecule has 2 aliphatic carbocycles. The van der Waals surface area contributed by atoms with Crippen LogP contribution in [-0.2, 0) is 10.8 Å². The van der Waals surface area contributed by atoms with Crippen molar-refractivity contribution in [2.75, 3.05) is 4.90 Å². The molecule has 0 spiro atoms. The van der Waals surface area contributed by atoms with Gasteiger partial charge in [-0.1, -0.05) is 203 Å². The molecule has 10 aromatic carbocycles. The highest BCUT2D eigenvalue weighted by molar-refractivity contribution is 7.26. The van der Waals surface area contributed by atoms with E-state index in [2.05, 4.69) is 172 Å². The Balaban J connectivity index is 0.964. The third kappa shape index (κ3) is 5.69. The van der Waals surface area contributed by atoms with Crippen LogP contribution in [0.2, 0.25) is 0 Å². The average Bonchev–Trinajstić information content (AvgIpc) is 4.10. The zero-order valence-electron chi connectivity index (χ0n) is 46.6. The molecule has 0 amide bonds. The summed E-state index contributed by atoms with van der Waals surface area (Å²) in [4.78, 5) is 2.36. The average molecular weight is 924 g/mol. The smallest absolute Gasteiger partial charge is 0.180 e. The molecular weight excluding hydrogens is 867 g/mol. The second kappa shape index (κ2) is 14.7. The van der Waals surface area contributed by atoms with Gasteiger partial charge >= 0.3 is 0 Å². The SMILES string of the molecule is [2H]c1c([2H])c([2H])c2c(c1[2H])-c1c([2H])c([2H])c([2H])c([2H])c1[Si]2(c1cccc(-c2ccc(N(c3ccc4c(c3)C(C)(C)c3ccccc3-4)c3ccc4c(c3)C(C)(C)c3ccccc3-4)cc2)c1)c1ccc2c(c1)sc1ccccc12. The molecule has 0 bridgehead atoms. The van der Waals surface area contributed by atoms with Crippen LogP contribution in [0.25, 0.3) is 64.7 Å². The predicted octanol–water partition coefficient (Wildman–Crippen LogP) is 15.2. The summed E-state index contributed by atoms with van der Waals surface area (Å²) in [6, 6.07) is 59.5. The van der Waals surface area contributed by atoms with E-state index in [1.54, 1.807) is 11.3 Å². The number of hydrogen-bond acceptors (Lipinski definition) is 2. The Morgan fingerprint density at radius 3 is 1.55 bits per heavy atom. The minimum atomic E-state index is -4.05. The first-order valence-electron chi connectivity index (χ1n) is 27.7. The van der Waals surface area contributed by atoms with E-state index < -0.39 is 32.2 Å². The second-order valence-corrected chi connectivity index (χ2v) is 24.6. The maximum absolute atomic E-state index is 9.78. The van der Waals surface area contributed by atoms with Crippen molar-refractivity contribution >= 4 is 77.4 Å². The lowest BCUT2D eigenvalue weighted by Gasteiger charge is -2.32. The summed E-state index contributed by atoms with van der Waals surface area (Å²) in [5.74, 6) is 0. The van der Waals surface area contributed by atoms with Crippen molar-refractivity contribution in [3.63, 3.8) is 0 Å². The van der Waals surface area contributed by atoms with Gasteiger partial charge in [-0.15, -0.1) is 11.3 Å². The standard InChI is InChI=1S/C66H49NSSi/c1-65(2)57-23-10-5-18-49(57)51-35-32-45(39-59(51)65)67(46-33-36-52-50-19-6-11-24-58(50)66(3,4)60(52)40-46)44-30-28-42(29-31-44)43-16-15-17-47(38-43)69(63-26-13-8-21-55(63)56-22-9-14-27-64(56)69)48-34-37-54-53-20-7-12-25-61(53)68-62(54)41-48/h5-41H,1-4H3/i8D,9D,13D,14D,21D,22D,26D,27D. The lowest BCUT2D eigenvalue weighted by atomic mass is 9.82. The summed E-state index contributed by atoms with van der Waals surface area (Å²) in [7, 11) is -4.05. The molecule has 1 nitrogen and oxygen atoms in total. The molecule has 0 radical (unpaired) electrons. The summed E-state index contributed by atoms with van der Waals surface area (Å²) in [6.07, 6.45) is 0. The summed E-state index contributed by atoms with van der Waals surface area (Å²) in [5, 5.41) is 4.36. The van der Waals surface area contributed by atoms with E-state index in [-0.39, 0.29) is 46.1 Å². The van der Waals surface area contributed by atoms with Gasteiger partial charge in [-0.25, -0.2) is 0 Å². The number of nitrogens with zero attached hydrogens (tertiary/aromatic N) is 1. The van der Waals surface area contributed by atoms with Crippen molar-refractivity contribution in [1.82, 2.24) is 0 Å². The van der Waals surface area contributed by atoms with Crippen molar-refractivity contribution in [1.29, 1.82) is 0 Å². The molecule has 1 aromatic heterocycles. The highest BCUT2D eigenvalue weighted by Gasteiger charge is 2.49. The van der Waals surface area contributed by atoms with Gasteiger partial charge in [-0.2, -0.15) is 0 Å². The molecule has 1 aliphatic heterocycles. The zero-order valence-corrected chi connectivity index (χ0v) is 40.4. The van der Waals surface area contributed by atoms with Crippen LogP contribution < -0.4 is 25.6 Å². The van der Waals surface area contributed by atoms with Gasteiger partial charge in [0.2, 0.25) is 0 Å². The van der Waals surface area contributed by atoms with Gasteiger partial charge in [-0.3, -0.25) is 0 Å². The summed E-state index contributed by atoms with van der Waals surface area (Å²) in [6.45, 7) is 9.25. The molecule has 0 saturated carbocycles. The number of hydrogen-bond donors (Lipinski definition) is 0. The monoisotopic (exact) mass is 923 g/mol. The maximum atomic E-state index is 9.78. The fourth-order valence-electron chi connectivity index (χ4n) is 12.2. The Morgan fingerprint density at radius 2 is 0.913 bits per heavy atom. The molecule has 14 rings (SSSR count). The van der Waals surface area contributed by atoms with Gasteiger partial charge in [-0.05, 0) is 136 Å². The number of anilines is 3. The number of benzene rings is 10. The van der Waals surface area contributed by atoms with E-state index in [0.29, 0.717) is 10.4 Å². The van der Waals surface area contributed by atoms with Crippen molar-refractivity contribution in [2.24, 2.45) is 0 Å². The van der Waals surface area contributed by atoms with Gasteiger partial charge in [0.05, 0.1) is 11.0 Å². The van der Waals surface area contributed by atoms with Crippen molar-refractivity contribution in [3.05, 3.63) is 247 Å². The Morgan fingerprint density at radius 1 is 0.391 bits per heavy atom. The first-order valence-corrected chi connectivity index (χ1v) is 26.5. The molecule has 328 valence electrons. The molecule has 3 heteroatoms. The molecular formula is C66H49NSSi. The Bertz CT molecular complexity index is 4230. The largest absolute Gasteiger partial charge is 0.310 e. The van der Waals surface area contributed by atoms with Gasteiger partial charge in [0.25, 0.3) is 0 Å². The van der Waals surface area contributed by atoms with Crippen molar-refractivity contribution < 1.29 is 11.0 Å². The van der Waals surface area contributed by atoms with Gasteiger partial charge in [0.1, 0.15) is 0 Å². The Hall–Kier alpha value is -7.56. The fourth-order valence-corrected chi connectivity index (χ4v) is 18.3. The fraction of sp³-hybridized carbons (Fsp3) is 0.0909. The first kappa shape index (κ1) is 33.0. The lowest BCUT2D eigenvalue weighted by molar-refractivity contribution is 0.660. The Kier molecular flexibility index (Phi) is 7.04. The van der Waals surface area contributed by atoms with Gasteiger partial charge < -0.3 is 4.90 Å². The van der Waals surface area contributed by atoms with Crippen LogP contribution in [0.15, 0.2) is 224 Å². The molecule has 0 fully saturated rings. The molecule has 0 N–H and O–H groups in total. The molecule has 2 heterocycles. The van der Waals surface area contributed by atoms with Crippen LogP contribution in [0.4, 0.5) is 17.1 Å². The lowest BCUT2D eigenvalue weighted by Crippen LogP contribution is -2.72. The third-order valence-corrected chi connectivity index (χ3v) is 21.3. The third-order valence-electron chi connectivity index (χ3n) is 15.6. The van der Waals surface area contributed by atoms with Crippen LogP contribution in [0, 0.1) is 0 Å². The summed E-state index contributed by atoms with van der Waals surface area (Å²) >= 11 is 1.64. The van der Waals surface area contributed by atoms with E-state index in [9.17, 15) is 5.48 Å². The zero-order chi connectivity index (χ0) is 53.2. The second-order valence-electron chi connectivity index (χ2n) is 19.8. The van der Waals surface area contributed by atoms with Crippen LogP contribution in [-0.4, -0.2) is 8.07 Å². The van der Waals surface area contributed by atoms with E-state index >= 15 is 0 Å². The van der Waals surface area contributed by atoms with Crippen LogP contribution in [0.1, 0.15) is 60.9 Å². The highest BCUT2D eigenvalue weighted by atomic mass is 32.1. The molecule has 69 heavy (non-hydrogen) atoms.